The van der Waals surface area contributed by atoms with Crippen LogP contribution in [0.25, 0.3) is 11.0 Å². The molecule has 1 amide bonds. The van der Waals surface area contributed by atoms with Gasteiger partial charge in [-0.25, -0.2) is 13.4 Å². The van der Waals surface area contributed by atoms with Crippen molar-refractivity contribution in [2.24, 2.45) is 0 Å². The summed E-state index contributed by atoms with van der Waals surface area (Å²) >= 11 is 6.12. The first-order chi connectivity index (χ1) is 14.9. The van der Waals surface area contributed by atoms with Gasteiger partial charge in [0.2, 0.25) is 15.9 Å². The Hall–Kier alpha value is -2.42. The van der Waals surface area contributed by atoms with Gasteiger partial charge in [-0.2, -0.15) is 4.31 Å². The number of benzene rings is 2. The fourth-order valence-electron chi connectivity index (χ4n) is 3.78. The summed E-state index contributed by atoms with van der Waals surface area (Å²) in [7, 11) is -3.50. The third-order valence-electron chi connectivity index (χ3n) is 5.56. The number of rotatable bonds is 7. The van der Waals surface area contributed by atoms with Crippen molar-refractivity contribution in [2.75, 3.05) is 13.1 Å². The van der Waals surface area contributed by atoms with Gasteiger partial charge in [-0.3, -0.25) is 4.79 Å². The predicted molar refractivity (Wildman–Crippen MR) is 120 cm³/mol. The van der Waals surface area contributed by atoms with Gasteiger partial charge in [0.25, 0.3) is 0 Å². The SMILES string of the molecule is O=C(CCn1cnc2cc(S(=O)(=O)N3CCCCC3)ccc21)NCc1ccccc1Cl. The van der Waals surface area contributed by atoms with Gasteiger partial charge in [0.05, 0.1) is 22.3 Å². The molecule has 2 aromatic carbocycles. The second-order valence-electron chi connectivity index (χ2n) is 7.67. The Morgan fingerprint density at radius 1 is 1.10 bits per heavy atom. The molecule has 164 valence electrons. The average molecular weight is 461 g/mol. The first-order valence-electron chi connectivity index (χ1n) is 10.4. The molecular formula is C22H25ClN4O3S. The molecule has 1 aliphatic heterocycles. The molecule has 1 N–H and O–H groups in total. The Morgan fingerprint density at radius 2 is 1.87 bits per heavy atom. The number of nitrogens with zero attached hydrogens (tertiary/aromatic N) is 3. The molecular weight excluding hydrogens is 436 g/mol. The van der Waals surface area contributed by atoms with Crippen molar-refractivity contribution in [3.8, 4) is 0 Å². The maximum Gasteiger partial charge on any atom is 0.243 e. The zero-order valence-electron chi connectivity index (χ0n) is 17.1. The standard InChI is InChI=1S/C22H25ClN4O3S/c23-19-7-3-2-6-17(19)15-24-22(28)10-13-26-16-25-20-14-18(8-9-21(20)26)31(29,30)27-11-4-1-5-12-27/h2-3,6-9,14,16H,1,4-5,10-13,15H2,(H,24,28). The highest BCUT2D eigenvalue weighted by Crippen LogP contribution is 2.24. The van der Waals surface area contributed by atoms with E-state index in [2.05, 4.69) is 10.3 Å². The molecule has 0 radical (unpaired) electrons. The van der Waals surface area contributed by atoms with E-state index >= 15 is 0 Å². The van der Waals surface area contributed by atoms with E-state index in [9.17, 15) is 13.2 Å². The molecule has 9 heteroatoms. The van der Waals surface area contributed by atoms with E-state index in [-0.39, 0.29) is 17.2 Å². The van der Waals surface area contributed by atoms with Crippen molar-refractivity contribution in [2.45, 2.75) is 43.7 Å². The van der Waals surface area contributed by atoms with Gasteiger partial charge in [-0.05, 0) is 42.7 Å². The van der Waals surface area contributed by atoms with Crippen LogP contribution in [0.4, 0.5) is 0 Å². The number of halogens is 1. The second-order valence-corrected chi connectivity index (χ2v) is 10.0. The molecule has 1 fully saturated rings. The van der Waals surface area contributed by atoms with Crippen molar-refractivity contribution in [3.05, 3.63) is 59.4 Å². The molecule has 0 spiro atoms. The van der Waals surface area contributed by atoms with Gasteiger partial charge in [0.1, 0.15) is 0 Å². The number of sulfonamides is 1. The van der Waals surface area contributed by atoms with E-state index in [4.69, 9.17) is 11.6 Å². The number of hydrogen-bond donors (Lipinski definition) is 1. The van der Waals surface area contributed by atoms with Gasteiger partial charge in [-0.15, -0.1) is 0 Å². The van der Waals surface area contributed by atoms with Gasteiger partial charge < -0.3 is 9.88 Å². The van der Waals surface area contributed by atoms with Crippen LogP contribution in [0.15, 0.2) is 53.7 Å². The summed E-state index contributed by atoms with van der Waals surface area (Å²) < 4.78 is 29.2. The number of carbonyl (C=O) groups is 1. The Bertz CT molecular complexity index is 1190. The van der Waals surface area contributed by atoms with Crippen LogP contribution in [0.2, 0.25) is 5.02 Å². The summed E-state index contributed by atoms with van der Waals surface area (Å²) in [5.41, 5.74) is 2.28. The molecule has 4 rings (SSSR count). The van der Waals surface area contributed by atoms with Crippen LogP contribution in [-0.4, -0.2) is 41.3 Å². The quantitative estimate of drug-likeness (QED) is 0.584. The zero-order chi connectivity index (χ0) is 21.8. The van der Waals surface area contributed by atoms with Crippen LogP contribution in [0.3, 0.4) is 0 Å². The number of imidazole rings is 1. The lowest BCUT2D eigenvalue weighted by molar-refractivity contribution is -0.121. The summed E-state index contributed by atoms with van der Waals surface area (Å²) in [6, 6.07) is 12.4. The predicted octanol–water partition coefficient (Wildman–Crippen LogP) is 3.57. The van der Waals surface area contributed by atoms with E-state index < -0.39 is 10.0 Å². The minimum absolute atomic E-state index is 0.0916. The highest BCUT2D eigenvalue weighted by molar-refractivity contribution is 7.89. The summed E-state index contributed by atoms with van der Waals surface area (Å²) in [4.78, 5) is 16.9. The fourth-order valence-corrected chi connectivity index (χ4v) is 5.52. The van der Waals surface area contributed by atoms with Gasteiger partial charge in [0, 0.05) is 37.6 Å². The van der Waals surface area contributed by atoms with Crippen molar-refractivity contribution < 1.29 is 13.2 Å². The number of fused-ring (bicyclic) bond motifs is 1. The normalized spacial score (nSPS) is 15.3. The number of nitrogens with one attached hydrogen (secondary N) is 1. The van der Waals surface area contributed by atoms with E-state index in [0.717, 1.165) is 30.3 Å². The minimum Gasteiger partial charge on any atom is -0.352 e. The summed E-state index contributed by atoms with van der Waals surface area (Å²) in [5.74, 6) is -0.0916. The molecule has 1 saturated heterocycles. The van der Waals surface area contributed by atoms with Crippen molar-refractivity contribution in [1.29, 1.82) is 0 Å². The molecule has 2 heterocycles. The first-order valence-corrected chi connectivity index (χ1v) is 12.2. The van der Waals surface area contributed by atoms with Crippen LogP contribution in [0, 0.1) is 0 Å². The highest BCUT2D eigenvalue weighted by Gasteiger charge is 2.26. The lowest BCUT2D eigenvalue weighted by Crippen LogP contribution is -2.35. The van der Waals surface area contributed by atoms with E-state index in [0.29, 0.717) is 36.7 Å². The molecule has 1 aromatic heterocycles. The minimum atomic E-state index is -3.50. The number of aryl methyl sites for hydroxylation is 1. The van der Waals surface area contributed by atoms with Crippen molar-refractivity contribution in [3.63, 3.8) is 0 Å². The van der Waals surface area contributed by atoms with E-state index in [1.165, 1.54) is 0 Å². The Kier molecular flexibility index (Phi) is 6.60. The van der Waals surface area contributed by atoms with Crippen LogP contribution in [-0.2, 0) is 27.9 Å². The molecule has 0 bridgehead atoms. The number of piperidine rings is 1. The maximum absolute atomic E-state index is 12.9. The van der Waals surface area contributed by atoms with Crippen LogP contribution < -0.4 is 5.32 Å². The number of carbonyl (C=O) groups excluding carboxylic acids is 1. The van der Waals surface area contributed by atoms with Gasteiger partial charge in [-0.1, -0.05) is 36.2 Å². The van der Waals surface area contributed by atoms with Crippen molar-refractivity contribution >= 4 is 38.6 Å². The highest BCUT2D eigenvalue weighted by atomic mass is 35.5. The molecule has 3 aromatic rings. The largest absolute Gasteiger partial charge is 0.352 e. The average Bonchev–Trinajstić information content (AvgIpc) is 3.20. The third kappa shape index (κ3) is 4.92. The smallest absolute Gasteiger partial charge is 0.243 e. The maximum atomic E-state index is 12.9. The fraction of sp³-hybridized carbons (Fsp3) is 0.364. The summed E-state index contributed by atoms with van der Waals surface area (Å²) in [5, 5.41) is 3.50. The van der Waals surface area contributed by atoms with Crippen molar-refractivity contribution in [1.82, 2.24) is 19.2 Å². The zero-order valence-corrected chi connectivity index (χ0v) is 18.7. The first kappa shape index (κ1) is 21.8. The summed E-state index contributed by atoms with van der Waals surface area (Å²) in [6.07, 6.45) is 4.79. The molecule has 0 aliphatic carbocycles. The monoisotopic (exact) mass is 460 g/mol. The van der Waals surface area contributed by atoms with E-state index in [1.54, 1.807) is 34.9 Å². The summed E-state index contributed by atoms with van der Waals surface area (Å²) in [6.45, 7) is 1.96. The van der Waals surface area contributed by atoms with Crippen LogP contribution >= 0.6 is 11.6 Å². The van der Waals surface area contributed by atoms with E-state index in [1.807, 2.05) is 22.8 Å². The lowest BCUT2D eigenvalue weighted by atomic mass is 10.2. The molecule has 0 unspecified atom stereocenters. The molecule has 1 aliphatic rings. The number of hydrogen-bond acceptors (Lipinski definition) is 4. The Labute approximate surface area is 187 Å². The van der Waals surface area contributed by atoms with Crippen LogP contribution in [0.1, 0.15) is 31.2 Å². The third-order valence-corrected chi connectivity index (χ3v) is 7.82. The number of amides is 1. The topological polar surface area (TPSA) is 84.3 Å². The van der Waals surface area contributed by atoms with Gasteiger partial charge >= 0.3 is 0 Å². The Morgan fingerprint density at radius 3 is 2.65 bits per heavy atom. The molecule has 31 heavy (non-hydrogen) atoms. The lowest BCUT2D eigenvalue weighted by Gasteiger charge is -2.25. The number of aromatic nitrogens is 2. The Balaban J connectivity index is 1.40. The van der Waals surface area contributed by atoms with Crippen LogP contribution in [0.5, 0.6) is 0 Å². The molecule has 0 saturated carbocycles. The molecule has 7 nitrogen and oxygen atoms in total. The molecule has 0 atom stereocenters. The second kappa shape index (κ2) is 9.38. The van der Waals surface area contributed by atoms with Gasteiger partial charge in [0.15, 0.2) is 0 Å².